The molecule has 2 aromatic heterocycles. The lowest BCUT2D eigenvalue weighted by Gasteiger charge is -2.34. The quantitative estimate of drug-likeness (QED) is 0.709. The van der Waals surface area contributed by atoms with E-state index in [1.165, 1.54) is 4.70 Å². The van der Waals surface area contributed by atoms with Crippen molar-refractivity contribution >= 4 is 32.6 Å². The van der Waals surface area contributed by atoms with Crippen molar-refractivity contribution in [2.24, 2.45) is 7.05 Å². The van der Waals surface area contributed by atoms with Crippen LogP contribution in [0.5, 0.6) is 0 Å². The number of carbonyl (C=O) groups is 1. The highest BCUT2D eigenvalue weighted by atomic mass is 32.1. The normalized spacial score (nSPS) is 15.2. The Balaban J connectivity index is 1.48. The number of amides is 1. The van der Waals surface area contributed by atoms with Crippen molar-refractivity contribution in [3.8, 4) is 0 Å². The number of thiazole rings is 1. The molecule has 0 radical (unpaired) electrons. The van der Waals surface area contributed by atoms with Gasteiger partial charge in [-0.05, 0) is 26.0 Å². The van der Waals surface area contributed by atoms with Crippen molar-refractivity contribution in [1.82, 2.24) is 19.7 Å². The van der Waals surface area contributed by atoms with Crippen LogP contribution in [0.25, 0.3) is 10.2 Å². The molecule has 0 aliphatic carbocycles. The van der Waals surface area contributed by atoms with Gasteiger partial charge in [0.2, 0.25) is 0 Å². The number of aryl methyl sites for hydroxylation is 2. The van der Waals surface area contributed by atoms with Gasteiger partial charge >= 0.3 is 0 Å². The average molecular weight is 355 g/mol. The van der Waals surface area contributed by atoms with Gasteiger partial charge in [-0.2, -0.15) is 5.10 Å². The number of nitrogens with zero attached hydrogens (tertiary/aromatic N) is 5. The molecule has 7 heteroatoms. The van der Waals surface area contributed by atoms with Gasteiger partial charge in [0.25, 0.3) is 5.91 Å². The molecule has 1 amide bonds. The zero-order valence-corrected chi connectivity index (χ0v) is 15.5. The molecule has 3 aromatic rings. The van der Waals surface area contributed by atoms with E-state index in [4.69, 9.17) is 4.98 Å². The monoisotopic (exact) mass is 355 g/mol. The number of anilines is 1. The topological polar surface area (TPSA) is 54.3 Å². The second-order valence-corrected chi connectivity index (χ2v) is 7.42. The molecule has 25 heavy (non-hydrogen) atoms. The van der Waals surface area contributed by atoms with Crippen LogP contribution in [0, 0.1) is 13.8 Å². The lowest BCUT2D eigenvalue weighted by molar-refractivity contribution is 0.0745. The molecule has 1 saturated heterocycles. The van der Waals surface area contributed by atoms with Crippen LogP contribution in [0.2, 0.25) is 0 Å². The maximum absolute atomic E-state index is 12.9. The van der Waals surface area contributed by atoms with Crippen molar-refractivity contribution in [1.29, 1.82) is 0 Å². The van der Waals surface area contributed by atoms with Crippen LogP contribution in [-0.2, 0) is 7.05 Å². The summed E-state index contributed by atoms with van der Waals surface area (Å²) < 4.78 is 2.98. The summed E-state index contributed by atoms with van der Waals surface area (Å²) >= 11 is 1.72. The molecule has 0 saturated carbocycles. The Kier molecular flexibility index (Phi) is 3.95. The lowest BCUT2D eigenvalue weighted by Crippen LogP contribution is -2.49. The molecule has 0 bridgehead atoms. The number of aromatic nitrogens is 3. The third-order valence-corrected chi connectivity index (χ3v) is 5.94. The van der Waals surface area contributed by atoms with Gasteiger partial charge in [0.05, 0.1) is 21.5 Å². The molecule has 130 valence electrons. The van der Waals surface area contributed by atoms with Gasteiger partial charge in [0.1, 0.15) is 0 Å². The molecule has 0 spiro atoms. The molecule has 1 fully saturated rings. The summed E-state index contributed by atoms with van der Waals surface area (Å²) in [7, 11) is 1.88. The first kappa shape index (κ1) is 16.1. The Hall–Kier alpha value is -2.41. The molecule has 1 aromatic carbocycles. The van der Waals surface area contributed by atoms with Crippen LogP contribution in [0.4, 0.5) is 5.13 Å². The van der Waals surface area contributed by atoms with Crippen LogP contribution in [0.1, 0.15) is 21.7 Å². The highest BCUT2D eigenvalue weighted by Gasteiger charge is 2.27. The first-order valence-electron chi connectivity index (χ1n) is 8.44. The first-order valence-corrected chi connectivity index (χ1v) is 9.26. The van der Waals surface area contributed by atoms with E-state index in [0.29, 0.717) is 13.1 Å². The zero-order chi connectivity index (χ0) is 17.6. The summed E-state index contributed by atoms with van der Waals surface area (Å²) in [4.78, 5) is 21.8. The summed E-state index contributed by atoms with van der Waals surface area (Å²) in [6.07, 6.45) is 0. The van der Waals surface area contributed by atoms with Crippen molar-refractivity contribution in [3.63, 3.8) is 0 Å². The van der Waals surface area contributed by atoms with E-state index in [1.807, 2.05) is 44.0 Å². The summed E-state index contributed by atoms with van der Waals surface area (Å²) in [5.74, 6) is 0.0899. The number of fused-ring (bicyclic) bond motifs is 1. The maximum Gasteiger partial charge on any atom is 0.257 e. The van der Waals surface area contributed by atoms with Crippen molar-refractivity contribution in [3.05, 3.63) is 41.2 Å². The Morgan fingerprint density at radius 3 is 2.48 bits per heavy atom. The Labute approximate surface area is 150 Å². The molecule has 1 aliphatic heterocycles. The molecular weight excluding hydrogens is 334 g/mol. The summed E-state index contributed by atoms with van der Waals surface area (Å²) in [6, 6.07) is 8.20. The standard InChI is InChI=1S/C18H21N5OS/c1-12-16(13(2)21(3)20-12)17(24)22-8-10-23(11-9-22)18-19-14-6-4-5-7-15(14)25-18/h4-7H,8-11H2,1-3H3. The Morgan fingerprint density at radius 1 is 1.12 bits per heavy atom. The summed E-state index contributed by atoms with van der Waals surface area (Å²) in [5.41, 5.74) is 3.52. The van der Waals surface area contributed by atoms with Crippen molar-refractivity contribution in [2.75, 3.05) is 31.1 Å². The van der Waals surface area contributed by atoms with Gasteiger partial charge in [-0.15, -0.1) is 0 Å². The van der Waals surface area contributed by atoms with Gasteiger partial charge in [-0.3, -0.25) is 9.48 Å². The van der Waals surface area contributed by atoms with Crippen molar-refractivity contribution in [2.45, 2.75) is 13.8 Å². The summed E-state index contributed by atoms with van der Waals surface area (Å²) in [5, 5.41) is 5.41. The van der Waals surface area contributed by atoms with E-state index in [-0.39, 0.29) is 5.91 Å². The number of benzene rings is 1. The highest BCUT2D eigenvalue weighted by molar-refractivity contribution is 7.22. The lowest BCUT2D eigenvalue weighted by atomic mass is 10.1. The van der Waals surface area contributed by atoms with Gasteiger partial charge in [-0.25, -0.2) is 4.98 Å². The van der Waals surface area contributed by atoms with E-state index in [1.54, 1.807) is 16.0 Å². The van der Waals surface area contributed by atoms with Crippen LogP contribution < -0.4 is 4.90 Å². The number of hydrogen-bond donors (Lipinski definition) is 0. The minimum Gasteiger partial charge on any atom is -0.345 e. The molecule has 0 unspecified atom stereocenters. The number of piperazine rings is 1. The third kappa shape index (κ3) is 2.78. The molecule has 0 N–H and O–H groups in total. The molecule has 3 heterocycles. The van der Waals surface area contributed by atoms with Crippen LogP contribution in [-0.4, -0.2) is 51.8 Å². The summed E-state index contributed by atoms with van der Waals surface area (Å²) in [6.45, 7) is 6.89. The smallest absolute Gasteiger partial charge is 0.257 e. The number of rotatable bonds is 2. The van der Waals surface area contributed by atoms with E-state index < -0.39 is 0 Å². The molecular formula is C18H21N5OS. The van der Waals surface area contributed by atoms with Gasteiger partial charge < -0.3 is 9.80 Å². The highest BCUT2D eigenvalue weighted by Crippen LogP contribution is 2.29. The number of para-hydroxylation sites is 1. The van der Waals surface area contributed by atoms with Crippen LogP contribution in [0.15, 0.2) is 24.3 Å². The fourth-order valence-electron chi connectivity index (χ4n) is 3.34. The average Bonchev–Trinajstić information content (AvgIpc) is 3.15. The van der Waals surface area contributed by atoms with Crippen molar-refractivity contribution < 1.29 is 4.79 Å². The molecule has 4 rings (SSSR count). The zero-order valence-electron chi connectivity index (χ0n) is 14.7. The first-order chi connectivity index (χ1) is 12.0. The second kappa shape index (κ2) is 6.15. The van der Waals surface area contributed by atoms with E-state index in [9.17, 15) is 4.79 Å². The Bertz CT molecular complexity index is 903. The predicted octanol–water partition coefficient (Wildman–Crippen LogP) is 2.61. The minimum absolute atomic E-state index is 0.0899. The van der Waals surface area contributed by atoms with Crippen LogP contribution in [0.3, 0.4) is 0 Å². The SMILES string of the molecule is Cc1nn(C)c(C)c1C(=O)N1CCN(c2nc3ccccc3s2)CC1. The third-order valence-electron chi connectivity index (χ3n) is 4.84. The largest absolute Gasteiger partial charge is 0.345 e. The molecule has 0 atom stereocenters. The predicted molar refractivity (Wildman–Crippen MR) is 100 cm³/mol. The Morgan fingerprint density at radius 2 is 1.84 bits per heavy atom. The van der Waals surface area contributed by atoms with E-state index in [2.05, 4.69) is 16.1 Å². The maximum atomic E-state index is 12.9. The van der Waals surface area contributed by atoms with Crippen LogP contribution >= 0.6 is 11.3 Å². The fraction of sp³-hybridized carbons (Fsp3) is 0.389. The van der Waals surface area contributed by atoms with Gasteiger partial charge in [0.15, 0.2) is 5.13 Å². The minimum atomic E-state index is 0.0899. The molecule has 1 aliphatic rings. The van der Waals surface area contributed by atoms with E-state index in [0.717, 1.165) is 40.7 Å². The number of carbonyl (C=O) groups excluding carboxylic acids is 1. The van der Waals surface area contributed by atoms with Gasteiger partial charge in [-0.1, -0.05) is 23.5 Å². The number of hydrogen-bond acceptors (Lipinski definition) is 5. The van der Waals surface area contributed by atoms with Gasteiger partial charge in [0, 0.05) is 38.9 Å². The second-order valence-electron chi connectivity index (χ2n) is 6.41. The molecule has 6 nitrogen and oxygen atoms in total. The van der Waals surface area contributed by atoms with E-state index >= 15 is 0 Å². The fourth-order valence-corrected chi connectivity index (χ4v) is 4.35.